The molecule has 102 valence electrons. The Kier molecular flexibility index (Phi) is 3.45. The zero-order chi connectivity index (χ0) is 13.4. The van der Waals surface area contributed by atoms with Crippen LogP contribution in [0.3, 0.4) is 0 Å². The molecule has 18 heavy (non-hydrogen) atoms. The summed E-state index contributed by atoms with van der Waals surface area (Å²) < 4.78 is 31.9. The number of H-pyrrole nitrogens is 1. The fourth-order valence-corrected chi connectivity index (χ4v) is 3.94. The van der Waals surface area contributed by atoms with E-state index in [1.165, 1.54) is 10.5 Å². The Labute approximate surface area is 106 Å². The van der Waals surface area contributed by atoms with E-state index in [-0.39, 0.29) is 11.6 Å². The minimum absolute atomic E-state index is 0.0833. The van der Waals surface area contributed by atoms with Gasteiger partial charge in [-0.2, -0.15) is 9.40 Å². The molecule has 0 spiro atoms. The first-order valence-electron chi connectivity index (χ1n) is 5.72. The van der Waals surface area contributed by atoms with Crippen LogP contribution in [0.1, 0.15) is 19.4 Å². The highest BCUT2D eigenvalue weighted by molar-refractivity contribution is 7.89. The first-order valence-corrected chi connectivity index (χ1v) is 7.16. The average Bonchev–Trinajstić information content (AvgIpc) is 2.76. The van der Waals surface area contributed by atoms with Crippen molar-refractivity contribution in [3.8, 4) is 0 Å². The second kappa shape index (κ2) is 4.61. The number of nitrogens with one attached hydrogen (secondary N) is 1. The van der Waals surface area contributed by atoms with Crippen LogP contribution in [0.5, 0.6) is 0 Å². The van der Waals surface area contributed by atoms with E-state index in [1.807, 2.05) is 13.8 Å². The summed E-state index contributed by atoms with van der Waals surface area (Å²) in [7, 11) is -3.61. The van der Waals surface area contributed by atoms with Gasteiger partial charge in [0.2, 0.25) is 0 Å². The van der Waals surface area contributed by atoms with Gasteiger partial charge in [0.25, 0.3) is 10.0 Å². The SMILES string of the molecule is CC1(C)COCCN1S(=O)(=O)c1[nH]ncc1CN. The third-order valence-electron chi connectivity index (χ3n) is 3.02. The molecule has 1 aliphatic heterocycles. The van der Waals surface area contributed by atoms with Gasteiger partial charge in [-0.3, -0.25) is 5.10 Å². The van der Waals surface area contributed by atoms with Crippen molar-refractivity contribution in [1.29, 1.82) is 0 Å². The number of rotatable bonds is 3. The second-order valence-corrected chi connectivity index (χ2v) is 6.67. The smallest absolute Gasteiger partial charge is 0.260 e. The predicted octanol–water partition coefficient (Wildman–Crippen LogP) is -0.332. The monoisotopic (exact) mass is 274 g/mol. The number of ether oxygens (including phenoxy) is 1. The number of nitrogens with two attached hydrogens (primary N) is 1. The van der Waals surface area contributed by atoms with Gasteiger partial charge < -0.3 is 10.5 Å². The number of morpholine rings is 1. The Balaban J connectivity index is 2.42. The molecular formula is C10H18N4O3S. The van der Waals surface area contributed by atoms with Gasteiger partial charge in [-0.05, 0) is 13.8 Å². The number of nitrogens with zero attached hydrogens (tertiary/aromatic N) is 2. The van der Waals surface area contributed by atoms with Gasteiger partial charge >= 0.3 is 0 Å². The predicted molar refractivity (Wildman–Crippen MR) is 65.3 cm³/mol. The van der Waals surface area contributed by atoms with E-state index >= 15 is 0 Å². The fourth-order valence-electron chi connectivity index (χ4n) is 2.07. The van der Waals surface area contributed by atoms with Gasteiger partial charge in [0.1, 0.15) is 0 Å². The second-order valence-electron chi connectivity index (χ2n) is 4.87. The van der Waals surface area contributed by atoms with Crippen LogP contribution < -0.4 is 5.73 Å². The molecule has 1 saturated heterocycles. The molecule has 0 aliphatic carbocycles. The number of hydrogen-bond acceptors (Lipinski definition) is 5. The van der Waals surface area contributed by atoms with E-state index in [0.717, 1.165) is 0 Å². The highest BCUT2D eigenvalue weighted by atomic mass is 32.2. The maximum Gasteiger partial charge on any atom is 0.260 e. The van der Waals surface area contributed by atoms with Crippen molar-refractivity contribution in [2.45, 2.75) is 31.0 Å². The lowest BCUT2D eigenvalue weighted by Crippen LogP contribution is -2.55. The largest absolute Gasteiger partial charge is 0.378 e. The zero-order valence-electron chi connectivity index (χ0n) is 10.5. The van der Waals surface area contributed by atoms with Gasteiger partial charge in [0.05, 0.1) is 24.9 Å². The maximum atomic E-state index is 12.6. The highest BCUT2D eigenvalue weighted by Gasteiger charge is 2.41. The molecule has 0 unspecified atom stereocenters. The van der Waals surface area contributed by atoms with Crippen molar-refractivity contribution in [2.24, 2.45) is 5.73 Å². The standard InChI is InChI=1S/C10H18N4O3S/c1-10(2)7-17-4-3-14(10)18(15,16)9-8(5-11)6-12-13-9/h6H,3-5,7,11H2,1-2H3,(H,12,13). The number of hydrogen-bond donors (Lipinski definition) is 2. The molecule has 3 N–H and O–H groups in total. The molecule has 0 amide bonds. The van der Waals surface area contributed by atoms with Crippen LogP contribution in [0.2, 0.25) is 0 Å². The molecular weight excluding hydrogens is 256 g/mol. The van der Waals surface area contributed by atoms with Crippen LogP contribution in [0.4, 0.5) is 0 Å². The number of aromatic amines is 1. The minimum Gasteiger partial charge on any atom is -0.378 e. The minimum atomic E-state index is -3.61. The van der Waals surface area contributed by atoms with Crippen LogP contribution in [-0.4, -0.2) is 48.2 Å². The van der Waals surface area contributed by atoms with Crippen molar-refractivity contribution in [1.82, 2.24) is 14.5 Å². The summed E-state index contributed by atoms with van der Waals surface area (Å²) in [6.45, 7) is 4.91. The molecule has 1 aromatic heterocycles. The normalized spacial score (nSPS) is 21.1. The van der Waals surface area contributed by atoms with Crippen molar-refractivity contribution in [2.75, 3.05) is 19.8 Å². The van der Waals surface area contributed by atoms with E-state index in [4.69, 9.17) is 10.5 Å². The third kappa shape index (κ3) is 2.16. The van der Waals surface area contributed by atoms with E-state index in [9.17, 15) is 8.42 Å². The summed E-state index contributed by atoms with van der Waals surface area (Å²) in [6.07, 6.45) is 1.44. The van der Waals surface area contributed by atoms with Gasteiger partial charge in [0.15, 0.2) is 5.03 Å². The molecule has 0 atom stereocenters. The van der Waals surface area contributed by atoms with Gasteiger partial charge in [-0.15, -0.1) is 0 Å². The Bertz CT molecular complexity index is 523. The molecule has 7 nitrogen and oxygen atoms in total. The molecule has 1 fully saturated rings. The molecule has 1 aliphatic rings. The van der Waals surface area contributed by atoms with Gasteiger partial charge in [-0.1, -0.05) is 0 Å². The summed E-state index contributed by atoms with van der Waals surface area (Å²) in [6, 6.07) is 0. The van der Waals surface area contributed by atoms with Crippen molar-refractivity contribution in [3.05, 3.63) is 11.8 Å². The zero-order valence-corrected chi connectivity index (χ0v) is 11.3. The summed E-state index contributed by atoms with van der Waals surface area (Å²) in [5, 5.41) is 6.37. The number of aromatic nitrogens is 2. The lowest BCUT2D eigenvalue weighted by atomic mass is 10.1. The Hall–Kier alpha value is -0.960. The Morgan fingerprint density at radius 1 is 1.61 bits per heavy atom. The van der Waals surface area contributed by atoms with Crippen LogP contribution in [0.25, 0.3) is 0 Å². The van der Waals surface area contributed by atoms with Crippen molar-refractivity contribution in [3.63, 3.8) is 0 Å². The third-order valence-corrected chi connectivity index (χ3v) is 5.14. The molecule has 0 bridgehead atoms. The quantitative estimate of drug-likeness (QED) is 0.785. The molecule has 0 aromatic carbocycles. The molecule has 0 saturated carbocycles. The van der Waals surface area contributed by atoms with Gasteiger partial charge in [0, 0.05) is 18.7 Å². The Morgan fingerprint density at radius 2 is 2.33 bits per heavy atom. The summed E-state index contributed by atoms with van der Waals surface area (Å²) >= 11 is 0. The fraction of sp³-hybridized carbons (Fsp3) is 0.700. The lowest BCUT2D eigenvalue weighted by molar-refractivity contribution is -0.00784. The van der Waals surface area contributed by atoms with Crippen LogP contribution >= 0.6 is 0 Å². The van der Waals surface area contributed by atoms with E-state index in [1.54, 1.807) is 0 Å². The maximum absolute atomic E-state index is 12.6. The van der Waals surface area contributed by atoms with Crippen LogP contribution in [-0.2, 0) is 21.3 Å². The average molecular weight is 274 g/mol. The van der Waals surface area contributed by atoms with Gasteiger partial charge in [-0.25, -0.2) is 8.42 Å². The Morgan fingerprint density at radius 3 is 2.94 bits per heavy atom. The topological polar surface area (TPSA) is 101 Å². The first kappa shape index (κ1) is 13.5. The van der Waals surface area contributed by atoms with E-state index in [0.29, 0.717) is 25.3 Å². The van der Waals surface area contributed by atoms with Crippen molar-refractivity contribution < 1.29 is 13.2 Å². The summed E-state index contributed by atoms with van der Waals surface area (Å²) in [5.74, 6) is 0. The van der Waals surface area contributed by atoms with Crippen LogP contribution in [0.15, 0.2) is 11.2 Å². The molecule has 0 radical (unpaired) electrons. The van der Waals surface area contributed by atoms with E-state index in [2.05, 4.69) is 10.2 Å². The van der Waals surface area contributed by atoms with E-state index < -0.39 is 15.6 Å². The summed E-state index contributed by atoms with van der Waals surface area (Å²) in [4.78, 5) is 0. The van der Waals surface area contributed by atoms with Crippen molar-refractivity contribution >= 4 is 10.0 Å². The number of sulfonamides is 1. The van der Waals surface area contributed by atoms with Crippen LogP contribution in [0, 0.1) is 0 Å². The molecule has 8 heteroatoms. The first-order chi connectivity index (χ1) is 8.39. The molecule has 2 rings (SSSR count). The lowest BCUT2D eigenvalue weighted by Gasteiger charge is -2.40. The highest BCUT2D eigenvalue weighted by Crippen LogP contribution is 2.27. The molecule has 2 heterocycles. The summed E-state index contributed by atoms with van der Waals surface area (Å²) in [5.41, 5.74) is 5.44. The molecule has 1 aromatic rings.